The first kappa shape index (κ1) is 13.8. The number of nitrogens with two attached hydrogens (primary N) is 1. The Morgan fingerprint density at radius 1 is 1.37 bits per heavy atom. The molecule has 0 spiro atoms. The predicted molar refractivity (Wildman–Crippen MR) is 70.2 cm³/mol. The van der Waals surface area contributed by atoms with E-state index in [1.165, 1.54) is 0 Å². The lowest BCUT2D eigenvalue weighted by atomic mass is 10.2. The number of amides is 1. The van der Waals surface area contributed by atoms with Gasteiger partial charge in [0.2, 0.25) is 0 Å². The van der Waals surface area contributed by atoms with Gasteiger partial charge in [-0.15, -0.1) is 0 Å². The summed E-state index contributed by atoms with van der Waals surface area (Å²) in [6, 6.07) is 7.11. The third kappa shape index (κ3) is 4.20. The highest BCUT2D eigenvalue weighted by Gasteiger charge is 2.22. The molecule has 0 aromatic heterocycles. The lowest BCUT2D eigenvalue weighted by Gasteiger charge is -2.22. The second-order valence-electron chi connectivity index (χ2n) is 4.09. The number of ether oxygens (including phenoxy) is 3. The van der Waals surface area contributed by atoms with Crippen LogP contribution in [0.1, 0.15) is 0 Å². The van der Waals surface area contributed by atoms with Gasteiger partial charge in [-0.25, -0.2) is 0 Å². The molecule has 1 saturated heterocycles. The third-order valence-electron chi connectivity index (χ3n) is 2.62. The number of carbonyl (C=O) groups excluding carboxylic acids is 1. The van der Waals surface area contributed by atoms with Crippen LogP contribution >= 0.6 is 0 Å². The van der Waals surface area contributed by atoms with Crippen molar-refractivity contribution in [2.45, 2.75) is 6.10 Å². The summed E-state index contributed by atoms with van der Waals surface area (Å²) in [5.41, 5.74) is 6.04. The first-order chi connectivity index (χ1) is 9.29. The number of benzene rings is 1. The maximum Gasteiger partial charge on any atom is 0.255 e. The normalized spacial score (nSPS) is 18.9. The number of anilines is 1. The van der Waals surface area contributed by atoms with E-state index in [0.29, 0.717) is 38.7 Å². The molecule has 1 aliphatic heterocycles. The second kappa shape index (κ2) is 7.08. The highest BCUT2D eigenvalue weighted by atomic mass is 16.6. The Hall–Kier alpha value is -1.63. The van der Waals surface area contributed by atoms with Gasteiger partial charge in [0.05, 0.1) is 19.8 Å². The fourth-order valence-corrected chi connectivity index (χ4v) is 1.67. The molecule has 1 amide bonds. The molecular formula is C13H18N2O4. The summed E-state index contributed by atoms with van der Waals surface area (Å²) in [4.78, 5) is 11.9. The molecule has 0 aliphatic carbocycles. The van der Waals surface area contributed by atoms with E-state index in [1.807, 2.05) is 0 Å². The number of hydrogen-bond acceptors (Lipinski definition) is 5. The maximum atomic E-state index is 11.9. The molecule has 6 nitrogen and oxygen atoms in total. The van der Waals surface area contributed by atoms with Crippen LogP contribution in [0.25, 0.3) is 0 Å². The minimum absolute atomic E-state index is 0.199. The van der Waals surface area contributed by atoms with Gasteiger partial charge in [0, 0.05) is 12.2 Å². The molecule has 1 aliphatic rings. The van der Waals surface area contributed by atoms with Crippen molar-refractivity contribution in [1.29, 1.82) is 0 Å². The molecule has 1 heterocycles. The summed E-state index contributed by atoms with van der Waals surface area (Å²) >= 11 is 0. The van der Waals surface area contributed by atoms with E-state index >= 15 is 0 Å². The summed E-state index contributed by atoms with van der Waals surface area (Å²) in [7, 11) is 0. The van der Waals surface area contributed by atoms with Crippen LogP contribution in [-0.2, 0) is 14.3 Å². The molecule has 1 fully saturated rings. The van der Waals surface area contributed by atoms with E-state index in [-0.39, 0.29) is 5.91 Å². The molecule has 0 saturated carbocycles. The van der Waals surface area contributed by atoms with Crippen molar-refractivity contribution in [2.75, 3.05) is 38.3 Å². The van der Waals surface area contributed by atoms with Crippen LogP contribution in [-0.4, -0.2) is 45.0 Å². The molecule has 2 rings (SSSR count). The minimum atomic E-state index is -0.540. The van der Waals surface area contributed by atoms with Crippen LogP contribution in [0, 0.1) is 0 Å². The molecule has 19 heavy (non-hydrogen) atoms. The zero-order chi connectivity index (χ0) is 13.5. The van der Waals surface area contributed by atoms with Gasteiger partial charge in [-0.2, -0.15) is 0 Å². The van der Waals surface area contributed by atoms with E-state index < -0.39 is 6.10 Å². The van der Waals surface area contributed by atoms with E-state index in [0.717, 1.165) is 5.75 Å². The molecule has 1 unspecified atom stereocenters. The zero-order valence-electron chi connectivity index (χ0n) is 10.6. The topological polar surface area (TPSA) is 82.8 Å². The highest BCUT2D eigenvalue weighted by Crippen LogP contribution is 2.16. The van der Waals surface area contributed by atoms with Gasteiger partial charge in [0.1, 0.15) is 12.4 Å². The molecule has 3 N–H and O–H groups in total. The van der Waals surface area contributed by atoms with Crippen molar-refractivity contribution in [3.05, 3.63) is 24.3 Å². The van der Waals surface area contributed by atoms with Crippen LogP contribution in [0.3, 0.4) is 0 Å². The van der Waals surface area contributed by atoms with Crippen LogP contribution in [0.2, 0.25) is 0 Å². The van der Waals surface area contributed by atoms with Crippen molar-refractivity contribution in [3.8, 4) is 5.75 Å². The molecule has 1 atom stereocenters. The molecule has 0 bridgehead atoms. The predicted octanol–water partition coefficient (Wildman–Crippen LogP) is 0.378. The Morgan fingerprint density at radius 3 is 2.79 bits per heavy atom. The molecule has 0 radical (unpaired) electrons. The van der Waals surface area contributed by atoms with Gasteiger partial charge in [0.25, 0.3) is 5.91 Å². The van der Waals surface area contributed by atoms with Crippen molar-refractivity contribution in [2.24, 2.45) is 5.73 Å². The van der Waals surface area contributed by atoms with Crippen LogP contribution < -0.4 is 15.8 Å². The Balaban J connectivity index is 1.86. The third-order valence-corrected chi connectivity index (χ3v) is 2.62. The monoisotopic (exact) mass is 266 g/mol. The number of rotatable bonds is 5. The van der Waals surface area contributed by atoms with E-state index in [9.17, 15) is 4.79 Å². The Bertz CT molecular complexity index is 402. The van der Waals surface area contributed by atoms with Gasteiger partial charge in [0.15, 0.2) is 6.10 Å². The summed E-state index contributed by atoms with van der Waals surface area (Å²) in [6.07, 6.45) is -0.540. The Labute approximate surface area is 111 Å². The molecule has 104 valence electrons. The average Bonchev–Trinajstić information content (AvgIpc) is 2.47. The van der Waals surface area contributed by atoms with E-state index in [4.69, 9.17) is 19.9 Å². The number of hydrogen-bond donors (Lipinski definition) is 2. The zero-order valence-corrected chi connectivity index (χ0v) is 10.6. The quantitative estimate of drug-likeness (QED) is 0.805. The Kier molecular flexibility index (Phi) is 5.14. The van der Waals surface area contributed by atoms with Crippen molar-refractivity contribution in [1.82, 2.24) is 0 Å². The van der Waals surface area contributed by atoms with Crippen molar-refractivity contribution in [3.63, 3.8) is 0 Å². The number of nitrogens with one attached hydrogen (secondary N) is 1. The van der Waals surface area contributed by atoms with Crippen LogP contribution in [0.15, 0.2) is 24.3 Å². The SMILES string of the molecule is NCCOc1ccc(NC(=O)C2COCCO2)cc1. The smallest absolute Gasteiger partial charge is 0.255 e. The summed E-state index contributed by atoms with van der Waals surface area (Å²) in [6.45, 7) is 2.22. The van der Waals surface area contributed by atoms with Crippen LogP contribution in [0.4, 0.5) is 5.69 Å². The fourth-order valence-electron chi connectivity index (χ4n) is 1.67. The molecule has 1 aromatic rings. The lowest BCUT2D eigenvalue weighted by molar-refractivity contribution is -0.142. The van der Waals surface area contributed by atoms with Gasteiger partial charge in [-0.1, -0.05) is 0 Å². The second-order valence-corrected chi connectivity index (χ2v) is 4.09. The Morgan fingerprint density at radius 2 is 2.16 bits per heavy atom. The maximum absolute atomic E-state index is 11.9. The summed E-state index contributed by atoms with van der Waals surface area (Å²) in [5.74, 6) is 0.524. The van der Waals surface area contributed by atoms with Gasteiger partial charge in [-0.05, 0) is 24.3 Å². The van der Waals surface area contributed by atoms with Gasteiger partial charge < -0.3 is 25.3 Å². The number of carbonyl (C=O) groups is 1. The van der Waals surface area contributed by atoms with E-state index in [2.05, 4.69) is 5.32 Å². The first-order valence-electron chi connectivity index (χ1n) is 6.23. The largest absolute Gasteiger partial charge is 0.492 e. The fraction of sp³-hybridized carbons (Fsp3) is 0.462. The van der Waals surface area contributed by atoms with Crippen LogP contribution in [0.5, 0.6) is 5.75 Å². The van der Waals surface area contributed by atoms with Gasteiger partial charge in [-0.3, -0.25) is 4.79 Å². The first-order valence-corrected chi connectivity index (χ1v) is 6.23. The highest BCUT2D eigenvalue weighted by molar-refractivity contribution is 5.94. The summed E-state index contributed by atoms with van der Waals surface area (Å²) < 4.78 is 15.8. The molecule has 1 aromatic carbocycles. The minimum Gasteiger partial charge on any atom is -0.492 e. The van der Waals surface area contributed by atoms with Crippen molar-refractivity contribution < 1.29 is 19.0 Å². The standard InChI is InChI=1S/C13H18N2O4/c14-5-6-18-11-3-1-10(2-4-11)15-13(16)12-9-17-7-8-19-12/h1-4,12H,5-9,14H2,(H,15,16). The van der Waals surface area contributed by atoms with Gasteiger partial charge >= 0.3 is 0 Å². The van der Waals surface area contributed by atoms with E-state index in [1.54, 1.807) is 24.3 Å². The van der Waals surface area contributed by atoms with Crippen molar-refractivity contribution >= 4 is 11.6 Å². The summed E-state index contributed by atoms with van der Waals surface area (Å²) in [5, 5.41) is 2.77. The molecule has 6 heteroatoms. The lowest BCUT2D eigenvalue weighted by Crippen LogP contribution is -2.39. The molecular weight excluding hydrogens is 248 g/mol. The average molecular weight is 266 g/mol.